The summed E-state index contributed by atoms with van der Waals surface area (Å²) in [4.78, 5) is 3.97. The summed E-state index contributed by atoms with van der Waals surface area (Å²) in [6.07, 6.45) is 4.88. The van der Waals surface area contributed by atoms with E-state index in [1.54, 1.807) is 0 Å². The Balaban J connectivity index is 2.03. The molecule has 5 nitrogen and oxygen atoms in total. The number of nitrogens with zero attached hydrogens (tertiary/aromatic N) is 1. The number of nitrogens with one attached hydrogen (secondary N) is 1. The van der Waals surface area contributed by atoms with Gasteiger partial charge in [-0.05, 0) is 24.3 Å². The van der Waals surface area contributed by atoms with E-state index in [1.165, 1.54) is 31.2 Å². The lowest BCUT2D eigenvalue weighted by molar-refractivity contribution is 0.414. The number of pyridine rings is 1. The molecule has 100 valence electrons. The molecule has 1 saturated carbocycles. The van der Waals surface area contributed by atoms with Gasteiger partial charge in [0.05, 0.1) is 4.90 Å². The fourth-order valence-electron chi connectivity index (χ4n) is 2.42. The molecular formula is C12H19N3O2S. The molecular weight excluding hydrogens is 250 g/mol. The van der Waals surface area contributed by atoms with Crippen LogP contribution in [0.15, 0.2) is 23.2 Å². The SMILES string of the molecule is CC1CCCC1CNS(=O)(=O)c1ccnc(N)c1. The van der Waals surface area contributed by atoms with Gasteiger partial charge in [0.25, 0.3) is 0 Å². The first kappa shape index (κ1) is 13.3. The molecule has 2 unspecified atom stereocenters. The van der Waals surface area contributed by atoms with Gasteiger partial charge in [0.15, 0.2) is 0 Å². The molecule has 0 radical (unpaired) electrons. The number of aromatic nitrogens is 1. The minimum atomic E-state index is -3.46. The van der Waals surface area contributed by atoms with Gasteiger partial charge >= 0.3 is 0 Å². The van der Waals surface area contributed by atoms with E-state index in [0.29, 0.717) is 18.4 Å². The molecule has 1 aliphatic carbocycles. The minimum absolute atomic E-state index is 0.181. The molecule has 2 rings (SSSR count). The predicted molar refractivity (Wildman–Crippen MR) is 70.3 cm³/mol. The van der Waals surface area contributed by atoms with Crippen molar-refractivity contribution in [3.05, 3.63) is 18.3 Å². The zero-order valence-corrected chi connectivity index (χ0v) is 11.3. The summed E-state index contributed by atoms with van der Waals surface area (Å²) in [6, 6.07) is 2.83. The lowest BCUT2D eigenvalue weighted by atomic mass is 9.99. The van der Waals surface area contributed by atoms with E-state index in [2.05, 4.69) is 16.6 Å². The number of nitrogens with two attached hydrogens (primary N) is 1. The lowest BCUT2D eigenvalue weighted by Gasteiger charge is -2.16. The molecule has 0 amide bonds. The zero-order chi connectivity index (χ0) is 13.2. The largest absolute Gasteiger partial charge is 0.384 e. The van der Waals surface area contributed by atoms with Crippen molar-refractivity contribution in [1.29, 1.82) is 0 Å². The molecule has 1 aliphatic rings. The first-order valence-corrected chi connectivity index (χ1v) is 7.68. The van der Waals surface area contributed by atoms with Crippen LogP contribution < -0.4 is 10.5 Å². The van der Waals surface area contributed by atoms with Crippen LogP contribution in [-0.4, -0.2) is 19.9 Å². The van der Waals surface area contributed by atoms with E-state index < -0.39 is 10.0 Å². The predicted octanol–water partition coefficient (Wildman–Crippen LogP) is 1.38. The molecule has 6 heteroatoms. The van der Waals surface area contributed by atoms with Crippen LogP contribution in [0.2, 0.25) is 0 Å². The van der Waals surface area contributed by atoms with Gasteiger partial charge in [-0.15, -0.1) is 0 Å². The van der Waals surface area contributed by atoms with Crippen molar-refractivity contribution >= 4 is 15.8 Å². The molecule has 1 heterocycles. The highest BCUT2D eigenvalue weighted by Gasteiger charge is 2.25. The van der Waals surface area contributed by atoms with Crippen molar-refractivity contribution in [2.45, 2.75) is 31.1 Å². The van der Waals surface area contributed by atoms with Gasteiger partial charge < -0.3 is 5.73 Å². The Kier molecular flexibility index (Phi) is 3.87. The molecule has 1 aromatic heterocycles. The third kappa shape index (κ3) is 3.00. The van der Waals surface area contributed by atoms with E-state index in [9.17, 15) is 8.42 Å². The Morgan fingerprint density at radius 1 is 1.50 bits per heavy atom. The highest BCUT2D eigenvalue weighted by molar-refractivity contribution is 7.89. The fraction of sp³-hybridized carbons (Fsp3) is 0.583. The van der Waals surface area contributed by atoms with Gasteiger partial charge in [0.2, 0.25) is 10.0 Å². The van der Waals surface area contributed by atoms with Gasteiger partial charge in [-0.25, -0.2) is 18.1 Å². The Morgan fingerprint density at radius 3 is 2.89 bits per heavy atom. The van der Waals surface area contributed by atoms with Crippen LogP contribution in [0.5, 0.6) is 0 Å². The average molecular weight is 269 g/mol. The number of hydrogen-bond acceptors (Lipinski definition) is 4. The van der Waals surface area contributed by atoms with Crippen LogP contribution in [0.4, 0.5) is 5.82 Å². The Labute approximate surface area is 108 Å². The highest BCUT2D eigenvalue weighted by Crippen LogP contribution is 2.30. The molecule has 1 aromatic rings. The van der Waals surface area contributed by atoms with Crippen molar-refractivity contribution in [3.8, 4) is 0 Å². The normalized spacial score (nSPS) is 24.3. The monoisotopic (exact) mass is 269 g/mol. The van der Waals surface area contributed by atoms with Crippen LogP contribution in [0.1, 0.15) is 26.2 Å². The maximum absolute atomic E-state index is 12.1. The molecule has 0 spiro atoms. The topological polar surface area (TPSA) is 85.1 Å². The zero-order valence-electron chi connectivity index (χ0n) is 10.5. The molecule has 1 fully saturated rings. The van der Waals surface area contributed by atoms with Gasteiger partial charge in [0, 0.05) is 18.8 Å². The van der Waals surface area contributed by atoms with E-state index in [-0.39, 0.29) is 10.7 Å². The van der Waals surface area contributed by atoms with Gasteiger partial charge in [-0.2, -0.15) is 0 Å². The van der Waals surface area contributed by atoms with Crippen molar-refractivity contribution in [2.24, 2.45) is 11.8 Å². The fourth-order valence-corrected chi connectivity index (χ4v) is 3.54. The number of nitrogen functional groups attached to an aromatic ring is 1. The van der Waals surface area contributed by atoms with Crippen molar-refractivity contribution < 1.29 is 8.42 Å². The summed E-state index contributed by atoms with van der Waals surface area (Å²) in [5.74, 6) is 1.25. The lowest BCUT2D eigenvalue weighted by Crippen LogP contribution is -2.30. The number of hydrogen-bond donors (Lipinski definition) is 2. The standard InChI is InChI=1S/C12H19N3O2S/c1-9-3-2-4-10(9)8-15-18(16,17)11-5-6-14-12(13)7-11/h5-7,9-10,15H,2-4,8H2,1H3,(H2,13,14). The Bertz CT molecular complexity index is 516. The first-order valence-electron chi connectivity index (χ1n) is 6.20. The summed E-state index contributed by atoms with van der Waals surface area (Å²) in [7, 11) is -3.46. The van der Waals surface area contributed by atoms with Crippen LogP contribution in [-0.2, 0) is 10.0 Å². The van der Waals surface area contributed by atoms with E-state index in [4.69, 9.17) is 5.73 Å². The molecule has 0 aliphatic heterocycles. The third-order valence-electron chi connectivity index (χ3n) is 3.64. The van der Waals surface area contributed by atoms with E-state index in [0.717, 1.165) is 6.42 Å². The third-order valence-corrected chi connectivity index (χ3v) is 5.06. The van der Waals surface area contributed by atoms with Crippen LogP contribution in [0.25, 0.3) is 0 Å². The van der Waals surface area contributed by atoms with Crippen LogP contribution >= 0.6 is 0 Å². The average Bonchev–Trinajstić information content (AvgIpc) is 2.72. The van der Waals surface area contributed by atoms with Crippen LogP contribution in [0, 0.1) is 11.8 Å². The number of sulfonamides is 1. The van der Waals surface area contributed by atoms with E-state index in [1.807, 2.05) is 0 Å². The number of rotatable bonds is 4. The summed E-state index contributed by atoms with van der Waals surface area (Å²) in [6.45, 7) is 2.68. The Morgan fingerprint density at radius 2 is 2.28 bits per heavy atom. The van der Waals surface area contributed by atoms with Gasteiger partial charge in [-0.3, -0.25) is 0 Å². The van der Waals surface area contributed by atoms with E-state index >= 15 is 0 Å². The maximum Gasteiger partial charge on any atom is 0.240 e. The second-order valence-electron chi connectivity index (χ2n) is 4.94. The van der Waals surface area contributed by atoms with Crippen molar-refractivity contribution in [2.75, 3.05) is 12.3 Å². The summed E-state index contributed by atoms with van der Waals surface area (Å²) in [5.41, 5.74) is 5.49. The van der Waals surface area contributed by atoms with Gasteiger partial charge in [0.1, 0.15) is 5.82 Å². The Hall–Kier alpha value is -1.14. The molecule has 2 atom stereocenters. The summed E-state index contributed by atoms with van der Waals surface area (Å²) < 4.78 is 26.8. The van der Waals surface area contributed by atoms with Crippen molar-refractivity contribution in [3.63, 3.8) is 0 Å². The second kappa shape index (κ2) is 5.24. The van der Waals surface area contributed by atoms with Gasteiger partial charge in [-0.1, -0.05) is 19.8 Å². The quantitative estimate of drug-likeness (QED) is 0.864. The molecule has 0 bridgehead atoms. The second-order valence-corrected chi connectivity index (χ2v) is 6.70. The number of anilines is 1. The minimum Gasteiger partial charge on any atom is -0.384 e. The highest BCUT2D eigenvalue weighted by atomic mass is 32.2. The summed E-state index contributed by atoms with van der Waals surface area (Å²) in [5, 5.41) is 0. The molecule has 0 aromatic carbocycles. The van der Waals surface area contributed by atoms with Crippen molar-refractivity contribution in [1.82, 2.24) is 9.71 Å². The molecule has 3 N–H and O–H groups in total. The van der Waals surface area contributed by atoms with Crippen LogP contribution in [0.3, 0.4) is 0 Å². The first-order chi connectivity index (χ1) is 8.49. The smallest absolute Gasteiger partial charge is 0.240 e. The maximum atomic E-state index is 12.1. The summed E-state index contributed by atoms with van der Waals surface area (Å²) >= 11 is 0. The molecule has 0 saturated heterocycles. The molecule has 18 heavy (non-hydrogen) atoms.